The van der Waals surface area contributed by atoms with Gasteiger partial charge in [0.2, 0.25) is 0 Å². The summed E-state index contributed by atoms with van der Waals surface area (Å²) in [6, 6.07) is 16.0. The molecule has 28 heavy (non-hydrogen) atoms. The van der Waals surface area contributed by atoms with E-state index in [1.165, 1.54) is 0 Å². The smallest absolute Gasteiger partial charge is 0.260 e. The summed E-state index contributed by atoms with van der Waals surface area (Å²) in [7, 11) is 1.78. The van der Waals surface area contributed by atoms with Gasteiger partial charge in [-0.2, -0.15) is 5.10 Å². The number of likely N-dealkylation sites (N-methyl/N-ethyl adjacent to an activating group) is 1. The molecule has 3 aromatic rings. The highest BCUT2D eigenvalue weighted by Crippen LogP contribution is 2.27. The fraction of sp³-hybridized carbons (Fsp3) is 0.304. The molecule has 1 aromatic heterocycles. The number of amides is 1. The molecule has 146 valence electrons. The zero-order valence-electron chi connectivity index (χ0n) is 16.9. The molecule has 0 fully saturated rings. The number of hydrogen-bond acceptors (Lipinski definition) is 3. The molecule has 5 heteroatoms. The molecule has 0 spiro atoms. The Morgan fingerprint density at radius 1 is 1.18 bits per heavy atom. The van der Waals surface area contributed by atoms with Crippen molar-refractivity contribution < 1.29 is 9.53 Å². The van der Waals surface area contributed by atoms with Crippen molar-refractivity contribution in [2.24, 2.45) is 0 Å². The van der Waals surface area contributed by atoms with Gasteiger partial charge in [0, 0.05) is 25.4 Å². The van der Waals surface area contributed by atoms with Crippen LogP contribution < -0.4 is 4.74 Å². The van der Waals surface area contributed by atoms with Crippen molar-refractivity contribution in [2.75, 3.05) is 13.7 Å². The largest absolute Gasteiger partial charge is 0.483 e. The zero-order valence-corrected chi connectivity index (χ0v) is 16.9. The minimum Gasteiger partial charge on any atom is -0.483 e. The summed E-state index contributed by atoms with van der Waals surface area (Å²) in [4.78, 5) is 14.2. The summed E-state index contributed by atoms with van der Waals surface area (Å²) >= 11 is 0. The number of rotatable bonds is 7. The van der Waals surface area contributed by atoms with E-state index < -0.39 is 0 Å². The zero-order chi connectivity index (χ0) is 20.1. The molecule has 0 saturated heterocycles. The number of aromatic nitrogens is 2. The maximum absolute atomic E-state index is 12.5. The Morgan fingerprint density at radius 2 is 1.93 bits per heavy atom. The molecular formula is C23H27N3O2. The van der Waals surface area contributed by atoms with Gasteiger partial charge in [-0.25, -0.2) is 4.68 Å². The van der Waals surface area contributed by atoms with Gasteiger partial charge in [0.15, 0.2) is 6.61 Å². The average molecular weight is 377 g/mol. The molecule has 0 radical (unpaired) electrons. The summed E-state index contributed by atoms with van der Waals surface area (Å²) in [5.41, 5.74) is 4.20. The second kappa shape index (κ2) is 8.74. The Labute approximate surface area is 166 Å². The van der Waals surface area contributed by atoms with Crippen molar-refractivity contribution in [2.45, 2.75) is 33.2 Å². The third kappa shape index (κ3) is 4.80. The molecule has 1 amide bonds. The van der Waals surface area contributed by atoms with Crippen LogP contribution in [-0.2, 0) is 11.3 Å². The third-order valence-electron chi connectivity index (χ3n) is 4.64. The lowest BCUT2D eigenvalue weighted by molar-refractivity contribution is -0.132. The fourth-order valence-corrected chi connectivity index (χ4v) is 3.02. The monoisotopic (exact) mass is 377 g/mol. The Kier molecular flexibility index (Phi) is 6.14. The second-order valence-corrected chi connectivity index (χ2v) is 7.36. The number of para-hydroxylation sites is 1. The van der Waals surface area contributed by atoms with Crippen LogP contribution in [0.15, 0.2) is 60.9 Å². The SMILES string of the molecule is Cc1ccc(C(C)C)c(OCC(=O)N(C)Cc2cnn(-c3ccccc3)c2)c1. The van der Waals surface area contributed by atoms with E-state index in [0.717, 1.165) is 28.1 Å². The van der Waals surface area contributed by atoms with Gasteiger partial charge in [0.1, 0.15) is 5.75 Å². The third-order valence-corrected chi connectivity index (χ3v) is 4.64. The maximum atomic E-state index is 12.5. The van der Waals surface area contributed by atoms with Crippen LogP contribution in [-0.4, -0.2) is 34.2 Å². The number of aryl methyl sites for hydroxylation is 1. The van der Waals surface area contributed by atoms with Crippen LogP contribution in [0.3, 0.4) is 0 Å². The van der Waals surface area contributed by atoms with Crippen molar-refractivity contribution in [3.63, 3.8) is 0 Å². The highest BCUT2D eigenvalue weighted by atomic mass is 16.5. The molecule has 0 aliphatic rings. The summed E-state index contributed by atoms with van der Waals surface area (Å²) < 4.78 is 7.67. The lowest BCUT2D eigenvalue weighted by Gasteiger charge is -2.19. The van der Waals surface area contributed by atoms with E-state index in [2.05, 4.69) is 31.1 Å². The first-order valence-corrected chi connectivity index (χ1v) is 9.50. The molecule has 0 aliphatic heterocycles. The first-order chi connectivity index (χ1) is 13.4. The summed E-state index contributed by atoms with van der Waals surface area (Å²) in [6.45, 7) is 6.77. The van der Waals surface area contributed by atoms with Crippen LogP contribution in [0.4, 0.5) is 0 Å². The fourth-order valence-electron chi connectivity index (χ4n) is 3.02. The summed E-state index contributed by atoms with van der Waals surface area (Å²) in [5.74, 6) is 1.06. The van der Waals surface area contributed by atoms with Gasteiger partial charge in [0.25, 0.3) is 5.91 Å². The molecule has 1 heterocycles. The highest BCUT2D eigenvalue weighted by molar-refractivity contribution is 5.77. The van der Waals surface area contributed by atoms with Gasteiger partial charge in [-0.3, -0.25) is 4.79 Å². The van der Waals surface area contributed by atoms with E-state index in [9.17, 15) is 4.79 Å². The molecule has 0 saturated carbocycles. The second-order valence-electron chi connectivity index (χ2n) is 7.36. The minimum atomic E-state index is -0.0660. The van der Waals surface area contributed by atoms with Crippen LogP contribution in [0, 0.1) is 6.92 Å². The first-order valence-electron chi connectivity index (χ1n) is 9.50. The van der Waals surface area contributed by atoms with E-state index >= 15 is 0 Å². The number of benzene rings is 2. The Bertz CT molecular complexity index is 932. The molecule has 0 bridgehead atoms. The van der Waals surface area contributed by atoms with Crippen LogP contribution in [0.5, 0.6) is 5.75 Å². The quantitative estimate of drug-likeness (QED) is 0.615. The highest BCUT2D eigenvalue weighted by Gasteiger charge is 2.14. The van der Waals surface area contributed by atoms with Crippen LogP contribution >= 0.6 is 0 Å². The Morgan fingerprint density at radius 3 is 2.64 bits per heavy atom. The molecule has 0 N–H and O–H groups in total. The normalized spacial score (nSPS) is 10.9. The van der Waals surface area contributed by atoms with Crippen molar-refractivity contribution in [3.05, 3.63) is 77.6 Å². The van der Waals surface area contributed by atoms with E-state index in [-0.39, 0.29) is 12.5 Å². The lowest BCUT2D eigenvalue weighted by atomic mass is 10.0. The minimum absolute atomic E-state index is 0.0203. The van der Waals surface area contributed by atoms with Crippen molar-refractivity contribution in [3.8, 4) is 11.4 Å². The molecular weight excluding hydrogens is 350 g/mol. The standard InChI is InChI=1S/C23H27N3O2/c1-17(2)21-11-10-18(3)12-22(21)28-16-23(27)25(4)14-19-13-24-26(15-19)20-8-6-5-7-9-20/h5-13,15,17H,14,16H2,1-4H3. The molecule has 5 nitrogen and oxygen atoms in total. The van der Waals surface area contributed by atoms with E-state index in [1.54, 1.807) is 18.1 Å². The van der Waals surface area contributed by atoms with E-state index in [0.29, 0.717) is 12.5 Å². The van der Waals surface area contributed by atoms with Crippen molar-refractivity contribution in [1.82, 2.24) is 14.7 Å². The van der Waals surface area contributed by atoms with Gasteiger partial charge in [0.05, 0.1) is 11.9 Å². The van der Waals surface area contributed by atoms with Gasteiger partial charge in [-0.15, -0.1) is 0 Å². The average Bonchev–Trinajstić information content (AvgIpc) is 3.15. The molecule has 2 aromatic carbocycles. The van der Waals surface area contributed by atoms with Crippen molar-refractivity contribution in [1.29, 1.82) is 0 Å². The van der Waals surface area contributed by atoms with Gasteiger partial charge in [-0.1, -0.05) is 44.2 Å². The predicted molar refractivity (Wildman–Crippen MR) is 111 cm³/mol. The molecule has 0 unspecified atom stereocenters. The van der Waals surface area contributed by atoms with Gasteiger partial charge < -0.3 is 9.64 Å². The molecule has 3 rings (SSSR count). The van der Waals surface area contributed by atoms with Gasteiger partial charge in [-0.05, 0) is 42.2 Å². The Balaban J connectivity index is 1.60. The predicted octanol–water partition coefficient (Wildman–Crippen LogP) is 4.34. The first kappa shape index (κ1) is 19.7. The van der Waals surface area contributed by atoms with Crippen LogP contribution in [0.2, 0.25) is 0 Å². The van der Waals surface area contributed by atoms with Gasteiger partial charge >= 0.3 is 0 Å². The number of carbonyl (C=O) groups excluding carboxylic acids is 1. The summed E-state index contributed by atoms with van der Waals surface area (Å²) in [6.07, 6.45) is 3.73. The number of ether oxygens (including phenoxy) is 1. The topological polar surface area (TPSA) is 47.4 Å². The maximum Gasteiger partial charge on any atom is 0.260 e. The number of hydrogen-bond donors (Lipinski definition) is 0. The number of carbonyl (C=O) groups is 1. The van der Waals surface area contributed by atoms with Crippen molar-refractivity contribution >= 4 is 5.91 Å². The van der Waals surface area contributed by atoms with Crippen LogP contribution in [0.1, 0.15) is 36.5 Å². The molecule has 0 atom stereocenters. The van der Waals surface area contributed by atoms with E-state index in [1.807, 2.05) is 54.2 Å². The Hall–Kier alpha value is -3.08. The lowest BCUT2D eigenvalue weighted by Crippen LogP contribution is -2.31. The van der Waals surface area contributed by atoms with E-state index in [4.69, 9.17) is 4.74 Å². The summed E-state index contributed by atoms with van der Waals surface area (Å²) in [5, 5.41) is 4.38. The number of nitrogens with zero attached hydrogens (tertiary/aromatic N) is 3. The van der Waals surface area contributed by atoms with Crippen LogP contribution in [0.25, 0.3) is 5.69 Å². The molecule has 0 aliphatic carbocycles.